The van der Waals surface area contributed by atoms with E-state index in [2.05, 4.69) is 46.0 Å². The molecule has 0 aliphatic carbocycles. The van der Waals surface area contributed by atoms with Gasteiger partial charge in [0.05, 0.1) is 0 Å². The molecule has 0 aromatic heterocycles. The maximum Gasteiger partial charge on any atom is 0.0377 e. The highest BCUT2D eigenvalue weighted by molar-refractivity contribution is 9.10. The zero-order valence-electron chi connectivity index (χ0n) is 11.2. The highest BCUT2D eigenvalue weighted by Gasteiger charge is 2.19. The molecular formula is C15H23BrN2. The molecule has 1 aromatic carbocycles. The van der Waals surface area contributed by atoms with Gasteiger partial charge in [0.2, 0.25) is 0 Å². The van der Waals surface area contributed by atoms with Crippen molar-refractivity contribution in [2.75, 3.05) is 24.5 Å². The lowest BCUT2D eigenvalue weighted by Crippen LogP contribution is -2.35. The third kappa shape index (κ3) is 3.27. The van der Waals surface area contributed by atoms with Gasteiger partial charge in [-0.1, -0.05) is 35.3 Å². The number of piperidine rings is 1. The standard InChI is InChI=1S/C15H23BrN2/c1-2-12-4-3-9-18(11-12)14-6-5-13(7-8-17)15(16)10-14/h5-6,10,12H,2-4,7-9,11,17H2,1H3. The molecule has 0 spiro atoms. The number of hydrogen-bond donors (Lipinski definition) is 1. The van der Waals surface area contributed by atoms with Crippen molar-refractivity contribution in [2.24, 2.45) is 11.7 Å². The van der Waals surface area contributed by atoms with Gasteiger partial charge in [-0.3, -0.25) is 0 Å². The molecule has 0 bridgehead atoms. The van der Waals surface area contributed by atoms with Crippen LogP contribution >= 0.6 is 15.9 Å². The van der Waals surface area contributed by atoms with Gasteiger partial charge in [0, 0.05) is 23.2 Å². The lowest BCUT2D eigenvalue weighted by molar-refractivity contribution is 0.404. The molecule has 0 amide bonds. The number of rotatable bonds is 4. The third-order valence-electron chi connectivity index (χ3n) is 3.91. The number of anilines is 1. The lowest BCUT2D eigenvalue weighted by Gasteiger charge is -2.34. The first-order valence-corrected chi connectivity index (χ1v) is 7.77. The van der Waals surface area contributed by atoms with E-state index < -0.39 is 0 Å². The minimum absolute atomic E-state index is 0.708. The summed E-state index contributed by atoms with van der Waals surface area (Å²) in [7, 11) is 0. The predicted octanol–water partition coefficient (Wildman–Crippen LogP) is 3.58. The zero-order chi connectivity index (χ0) is 13.0. The van der Waals surface area contributed by atoms with E-state index in [4.69, 9.17) is 5.73 Å². The average molecular weight is 311 g/mol. The minimum Gasteiger partial charge on any atom is -0.371 e. The topological polar surface area (TPSA) is 29.3 Å². The van der Waals surface area contributed by atoms with Crippen LogP contribution in [0.5, 0.6) is 0 Å². The Morgan fingerprint density at radius 1 is 1.44 bits per heavy atom. The Kier molecular flexibility index (Phi) is 5.07. The van der Waals surface area contributed by atoms with E-state index in [-0.39, 0.29) is 0 Å². The summed E-state index contributed by atoms with van der Waals surface area (Å²) in [6, 6.07) is 6.71. The maximum absolute atomic E-state index is 5.62. The molecule has 2 nitrogen and oxygen atoms in total. The fourth-order valence-electron chi connectivity index (χ4n) is 2.72. The van der Waals surface area contributed by atoms with Crippen LogP contribution in [-0.2, 0) is 6.42 Å². The molecular weight excluding hydrogens is 288 g/mol. The summed E-state index contributed by atoms with van der Waals surface area (Å²) in [4.78, 5) is 2.52. The highest BCUT2D eigenvalue weighted by atomic mass is 79.9. The normalized spacial score (nSPS) is 20.2. The first-order chi connectivity index (χ1) is 8.74. The Balaban J connectivity index is 2.10. The van der Waals surface area contributed by atoms with E-state index >= 15 is 0 Å². The van der Waals surface area contributed by atoms with E-state index in [9.17, 15) is 0 Å². The molecule has 3 heteroatoms. The molecule has 1 aliphatic heterocycles. The van der Waals surface area contributed by atoms with E-state index in [0.717, 1.165) is 12.3 Å². The van der Waals surface area contributed by atoms with Crippen LogP contribution in [0.3, 0.4) is 0 Å². The first-order valence-electron chi connectivity index (χ1n) is 6.98. The van der Waals surface area contributed by atoms with E-state index in [1.165, 1.54) is 48.1 Å². The number of nitrogens with zero attached hydrogens (tertiary/aromatic N) is 1. The fourth-order valence-corrected chi connectivity index (χ4v) is 3.29. The summed E-state index contributed by atoms with van der Waals surface area (Å²) in [5.41, 5.74) is 8.27. The minimum atomic E-state index is 0.708. The van der Waals surface area contributed by atoms with Gasteiger partial charge in [-0.05, 0) is 49.4 Å². The second-order valence-electron chi connectivity index (χ2n) is 5.18. The van der Waals surface area contributed by atoms with Crippen molar-refractivity contribution in [1.82, 2.24) is 0 Å². The van der Waals surface area contributed by atoms with Crippen LogP contribution in [-0.4, -0.2) is 19.6 Å². The molecule has 2 rings (SSSR count). The number of hydrogen-bond acceptors (Lipinski definition) is 2. The maximum atomic E-state index is 5.62. The molecule has 1 heterocycles. The van der Waals surface area contributed by atoms with Gasteiger partial charge in [-0.2, -0.15) is 0 Å². The third-order valence-corrected chi connectivity index (χ3v) is 4.65. The van der Waals surface area contributed by atoms with Crippen LogP contribution in [0.1, 0.15) is 31.7 Å². The highest BCUT2D eigenvalue weighted by Crippen LogP contribution is 2.28. The summed E-state index contributed by atoms with van der Waals surface area (Å²) in [6.07, 6.45) is 4.95. The summed E-state index contributed by atoms with van der Waals surface area (Å²) >= 11 is 3.66. The number of halogens is 1. The smallest absolute Gasteiger partial charge is 0.0377 e. The number of nitrogens with two attached hydrogens (primary N) is 1. The summed E-state index contributed by atoms with van der Waals surface area (Å²) in [5, 5.41) is 0. The SMILES string of the molecule is CCC1CCCN(c2ccc(CCN)c(Br)c2)C1. The summed E-state index contributed by atoms with van der Waals surface area (Å²) in [5.74, 6) is 0.862. The average Bonchev–Trinajstić information content (AvgIpc) is 2.41. The predicted molar refractivity (Wildman–Crippen MR) is 82.1 cm³/mol. The van der Waals surface area contributed by atoms with Crippen molar-refractivity contribution in [3.63, 3.8) is 0 Å². The van der Waals surface area contributed by atoms with Crippen molar-refractivity contribution in [2.45, 2.75) is 32.6 Å². The molecule has 1 saturated heterocycles. The largest absolute Gasteiger partial charge is 0.371 e. The van der Waals surface area contributed by atoms with Gasteiger partial charge in [0.1, 0.15) is 0 Å². The molecule has 100 valence electrons. The van der Waals surface area contributed by atoms with Crippen LogP contribution in [0.2, 0.25) is 0 Å². The molecule has 1 aromatic rings. The van der Waals surface area contributed by atoms with Gasteiger partial charge in [0.15, 0.2) is 0 Å². The second kappa shape index (κ2) is 6.58. The molecule has 2 N–H and O–H groups in total. The van der Waals surface area contributed by atoms with Crippen LogP contribution in [0, 0.1) is 5.92 Å². The van der Waals surface area contributed by atoms with Crippen LogP contribution in [0.4, 0.5) is 5.69 Å². The summed E-state index contributed by atoms with van der Waals surface area (Å²) < 4.78 is 1.20. The van der Waals surface area contributed by atoms with Crippen molar-refractivity contribution in [3.05, 3.63) is 28.2 Å². The molecule has 18 heavy (non-hydrogen) atoms. The lowest BCUT2D eigenvalue weighted by atomic mass is 9.95. The molecule has 0 radical (unpaired) electrons. The molecule has 1 fully saturated rings. The monoisotopic (exact) mass is 310 g/mol. The Hall–Kier alpha value is -0.540. The van der Waals surface area contributed by atoms with E-state index in [0.29, 0.717) is 6.54 Å². The zero-order valence-corrected chi connectivity index (χ0v) is 12.7. The molecule has 1 aliphatic rings. The van der Waals surface area contributed by atoms with E-state index in [1.807, 2.05) is 0 Å². The second-order valence-corrected chi connectivity index (χ2v) is 6.03. The Morgan fingerprint density at radius 2 is 2.28 bits per heavy atom. The summed E-state index contributed by atoms with van der Waals surface area (Å²) in [6.45, 7) is 5.41. The van der Waals surface area contributed by atoms with Gasteiger partial charge in [-0.25, -0.2) is 0 Å². The Labute approximate surface area is 119 Å². The van der Waals surface area contributed by atoms with Crippen LogP contribution in [0.15, 0.2) is 22.7 Å². The van der Waals surface area contributed by atoms with Crippen LogP contribution in [0.25, 0.3) is 0 Å². The van der Waals surface area contributed by atoms with Gasteiger partial charge in [-0.15, -0.1) is 0 Å². The quantitative estimate of drug-likeness (QED) is 0.921. The van der Waals surface area contributed by atoms with Gasteiger partial charge >= 0.3 is 0 Å². The Morgan fingerprint density at radius 3 is 2.94 bits per heavy atom. The molecule has 0 saturated carbocycles. The van der Waals surface area contributed by atoms with Crippen molar-refractivity contribution >= 4 is 21.6 Å². The van der Waals surface area contributed by atoms with Gasteiger partial charge in [0.25, 0.3) is 0 Å². The molecule has 1 unspecified atom stereocenters. The molecule has 1 atom stereocenters. The van der Waals surface area contributed by atoms with Crippen molar-refractivity contribution in [3.8, 4) is 0 Å². The Bertz CT molecular complexity index is 392. The first kappa shape index (κ1) is 13.9. The van der Waals surface area contributed by atoms with Crippen molar-refractivity contribution < 1.29 is 0 Å². The fraction of sp³-hybridized carbons (Fsp3) is 0.600. The van der Waals surface area contributed by atoms with E-state index in [1.54, 1.807) is 0 Å². The number of benzene rings is 1. The van der Waals surface area contributed by atoms with Crippen LogP contribution < -0.4 is 10.6 Å². The van der Waals surface area contributed by atoms with Crippen molar-refractivity contribution in [1.29, 1.82) is 0 Å². The van der Waals surface area contributed by atoms with Gasteiger partial charge < -0.3 is 10.6 Å².